The maximum Gasteiger partial charge on any atom is 0.275 e. The summed E-state index contributed by atoms with van der Waals surface area (Å²) in [6, 6.07) is 15.8. The second kappa shape index (κ2) is 11.4. The number of carbonyl (C=O) groups excluding carboxylic acids is 2. The van der Waals surface area contributed by atoms with Gasteiger partial charge in [-0.3, -0.25) is 14.3 Å². The fourth-order valence-electron chi connectivity index (χ4n) is 4.41. The number of hydrogen-bond acceptors (Lipinski definition) is 4. The van der Waals surface area contributed by atoms with Crippen LogP contribution < -0.4 is 15.4 Å². The topological polar surface area (TPSA) is 85.2 Å². The minimum absolute atomic E-state index is 0.0629. The van der Waals surface area contributed by atoms with Crippen LogP contribution in [0.3, 0.4) is 0 Å². The Morgan fingerprint density at radius 2 is 1.86 bits per heavy atom. The van der Waals surface area contributed by atoms with Crippen molar-refractivity contribution in [3.63, 3.8) is 0 Å². The van der Waals surface area contributed by atoms with Crippen molar-refractivity contribution in [1.82, 2.24) is 15.1 Å². The summed E-state index contributed by atoms with van der Waals surface area (Å²) in [5, 5.41) is 10.8. The first-order valence-corrected chi connectivity index (χ1v) is 12.4. The fraction of sp³-hybridized carbons (Fsp3) is 0.370. The van der Waals surface area contributed by atoms with Crippen molar-refractivity contribution in [3.8, 4) is 5.75 Å². The van der Waals surface area contributed by atoms with E-state index in [1.54, 1.807) is 4.68 Å². The van der Waals surface area contributed by atoms with Crippen molar-refractivity contribution >= 4 is 29.1 Å². The van der Waals surface area contributed by atoms with Crippen LogP contribution in [0.25, 0.3) is 0 Å². The normalized spacial score (nSPS) is 17.6. The lowest BCUT2D eigenvalue weighted by Gasteiger charge is -2.30. The predicted octanol–water partition coefficient (Wildman–Crippen LogP) is 5.69. The molecule has 35 heavy (non-hydrogen) atoms. The highest BCUT2D eigenvalue weighted by atomic mass is 35.5. The molecule has 1 fully saturated rings. The number of hydrogen-bond donors (Lipinski definition) is 2. The van der Waals surface area contributed by atoms with Crippen molar-refractivity contribution in [1.29, 1.82) is 0 Å². The number of rotatable bonds is 8. The van der Waals surface area contributed by atoms with Gasteiger partial charge in [-0.05, 0) is 61.9 Å². The molecule has 0 saturated heterocycles. The number of ether oxygens (including phenoxy) is 1. The first-order chi connectivity index (χ1) is 16.9. The van der Waals surface area contributed by atoms with E-state index in [2.05, 4.69) is 15.7 Å². The molecule has 1 aliphatic rings. The number of amides is 2. The number of benzene rings is 2. The third kappa shape index (κ3) is 6.22. The molecular weight excluding hydrogens is 464 g/mol. The van der Waals surface area contributed by atoms with Crippen molar-refractivity contribution in [2.75, 3.05) is 5.32 Å². The zero-order chi connectivity index (χ0) is 24.8. The third-order valence-electron chi connectivity index (χ3n) is 6.39. The zero-order valence-corrected chi connectivity index (χ0v) is 20.8. The van der Waals surface area contributed by atoms with Crippen LogP contribution in [0.1, 0.15) is 66.7 Å². The lowest BCUT2D eigenvalue weighted by atomic mass is 9.91. The molecule has 8 heteroatoms. The van der Waals surface area contributed by atoms with Crippen molar-refractivity contribution in [2.24, 2.45) is 0 Å². The summed E-state index contributed by atoms with van der Waals surface area (Å²) in [4.78, 5) is 24.9. The quantitative estimate of drug-likeness (QED) is 0.421. The average Bonchev–Trinajstić information content (AvgIpc) is 3.26. The lowest BCUT2D eigenvalue weighted by Crippen LogP contribution is -2.38. The molecule has 0 spiro atoms. The molecular formula is C27H31ClN4O3. The first-order valence-electron chi connectivity index (χ1n) is 12.1. The molecule has 1 heterocycles. The van der Waals surface area contributed by atoms with Gasteiger partial charge in [-0.1, -0.05) is 48.9 Å². The van der Waals surface area contributed by atoms with Crippen LogP contribution in [0.15, 0.2) is 54.7 Å². The van der Waals surface area contributed by atoms with Crippen LogP contribution in [0.4, 0.5) is 5.69 Å². The number of halogens is 1. The van der Waals surface area contributed by atoms with E-state index >= 15 is 0 Å². The molecule has 0 atom stereocenters. The molecule has 0 unspecified atom stereocenters. The van der Waals surface area contributed by atoms with E-state index in [1.807, 2.05) is 62.4 Å². The second-order valence-electron chi connectivity index (χ2n) is 8.92. The van der Waals surface area contributed by atoms with E-state index in [9.17, 15) is 9.59 Å². The molecule has 3 aromatic rings. The maximum atomic E-state index is 13.2. The van der Waals surface area contributed by atoms with E-state index in [-0.39, 0.29) is 23.9 Å². The highest BCUT2D eigenvalue weighted by Crippen LogP contribution is 2.32. The Labute approximate surface area is 210 Å². The van der Waals surface area contributed by atoms with Crippen LogP contribution in [0, 0.1) is 6.92 Å². The summed E-state index contributed by atoms with van der Waals surface area (Å²) in [6.45, 7) is 4.26. The van der Waals surface area contributed by atoms with Crippen LogP contribution >= 0.6 is 11.6 Å². The van der Waals surface area contributed by atoms with Gasteiger partial charge in [-0.15, -0.1) is 0 Å². The van der Waals surface area contributed by atoms with Crippen LogP contribution in [0.2, 0.25) is 5.02 Å². The van der Waals surface area contributed by atoms with Crippen molar-refractivity contribution in [2.45, 2.75) is 64.6 Å². The second-order valence-corrected chi connectivity index (χ2v) is 9.32. The molecule has 2 amide bonds. The van der Waals surface area contributed by atoms with Crippen LogP contribution in [0.5, 0.6) is 5.75 Å². The molecule has 1 aromatic heterocycles. The molecule has 2 N–H and O–H groups in total. The summed E-state index contributed by atoms with van der Waals surface area (Å²) < 4.78 is 7.63. The van der Waals surface area contributed by atoms with Gasteiger partial charge in [-0.25, -0.2) is 0 Å². The van der Waals surface area contributed by atoms with Gasteiger partial charge >= 0.3 is 0 Å². The molecule has 7 nitrogen and oxygen atoms in total. The SMILES string of the molecule is CCC(=O)NC1CCC(n2ncc(Cl)c2C(=O)Nc2ccc(OCc3ccccc3)cc2C)CC1. The van der Waals surface area contributed by atoms with Crippen LogP contribution in [-0.2, 0) is 11.4 Å². The van der Waals surface area contributed by atoms with Gasteiger partial charge in [0.1, 0.15) is 18.1 Å². The number of nitrogens with zero attached hydrogens (tertiary/aromatic N) is 2. The summed E-state index contributed by atoms with van der Waals surface area (Å²) >= 11 is 6.38. The van der Waals surface area contributed by atoms with Gasteiger partial charge in [0.05, 0.1) is 17.3 Å². The summed E-state index contributed by atoms with van der Waals surface area (Å²) in [7, 11) is 0. The van der Waals surface area contributed by atoms with Gasteiger partial charge in [0.15, 0.2) is 0 Å². The maximum absolute atomic E-state index is 13.2. The Bertz CT molecular complexity index is 1170. The standard InChI is InChI=1S/C27H31ClN4O3/c1-3-25(33)30-20-9-11-21(12-10-20)32-26(23(28)16-29-32)27(34)31-24-14-13-22(15-18(24)2)35-17-19-7-5-4-6-8-19/h4-8,13-16,20-21H,3,9-12,17H2,1-2H3,(H,30,33)(H,31,34). The lowest BCUT2D eigenvalue weighted by molar-refractivity contribution is -0.121. The van der Waals surface area contributed by atoms with Crippen molar-refractivity contribution < 1.29 is 14.3 Å². The number of nitrogens with one attached hydrogen (secondary N) is 2. The number of aromatic nitrogens is 2. The number of anilines is 1. The van der Waals surface area contributed by atoms with Gasteiger partial charge in [0.2, 0.25) is 5.91 Å². The summed E-state index contributed by atoms with van der Waals surface area (Å²) in [5.74, 6) is 0.511. The van der Waals surface area contributed by atoms with Gasteiger partial charge in [0.25, 0.3) is 5.91 Å². The van der Waals surface area contributed by atoms with E-state index in [4.69, 9.17) is 16.3 Å². The first kappa shape index (κ1) is 24.8. The Hall–Kier alpha value is -3.32. The highest BCUT2D eigenvalue weighted by Gasteiger charge is 2.28. The Balaban J connectivity index is 1.40. The molecule has 4 rings (SSSR count). The molecule has 0 aliphatic heterocycles. The smallest absolute Gasteiger partial charge is 0.275 e. The Kier molecular flexibility index (Phi) is 8.08. The zero-order valence-electron chi connectivity index (χ0n) is 20.1. The third-order valence-corrected chi connectivity index (χ3v) is 6.67. The number of carbonyl (C=O) groups is 2. The van der Waals surface area contributed by atoms with Gasteiger partial charge < -0.3 is 15.4 Å². The van der Waals surface area contributed by atoms with E-state index in [1.165, 1.54) is 6.20 Å². The summed E-state index contributed by atoms with van der Waals surface area (Å²) in [5.41, 5.74) is 3.03. The highest BCUT2D eigenvalue weighted by molar-refractivity contribution is 6.34. The number of aryl methyl sites for hydroxylation is 1. The van der Waals surface area contributed by atoms with E-state index < -0.39 is 0 Å². The molecule has 1 saturated carbocycles. The van der Waals surface area contributed by atoms with E-state index in [0.717, 1.165) is 42.6 Å². The molecule has 2 aromatic carbocycles. The molecule has 0 bridgehead atoms. The monoisotopic (exact) mass is 494 g/mol. The fourth-order valence-corrected chi connectivity index (χ4v) is 4.63. The Morgan fingerprint density at radius 3 is 2.54 bits per heavy atom. The molecule has 184 valence electrons. The van der Waals surface area contributed by atoms with E-state index in [0.29, 0.717) is 29.4 Å². The van der Waals surface area contributed by atoms with Gasteiger partial charge in [-0.2, -0.15) is 5.10 Å². The van der Waals surface area contributed by atoms with Gasteiger partial charge in [0, 0.05) is 18.2 Å². The predicted molar refractivity (Wildman–Crippen MR) is 137 cm³/mol. The average molecular weight is 495 g/mol. The minimum Gasteiger partial charge on any atom is -0.489 e. The van der Waals surface area contributed by atoms with Crippen LogP contribution in [-0.4, -0.2) is 27.6 Å². The minimum atomic E-state index is -0.296. The molecule has 0 radical (unpaired) electrons. The Morgan fingerprint density at radius 1 is 1.11 bits per heavy atom. The molecule has 1 aliphatic carbocycles. The largest absolute Gasteiger partial charge is 0.489 e. The summed E-state index contributed by atoms with van der Waals surface area (Å²) in [6.07, 6.45) is 5.34. The van der Waals surface area contributed by atoms with Crippen molar-refractivity contribution in [3.05, 3.63) is 76.6 Å².